The molecule has 0 radical (unpaired) electrons. The van der Waals surface area contributed by atoms with E-state index in [0.29, 0.717) is 12.2 Å². The molecule has 0 aliphatic heterocycles. The van der Waals surface area contributed by atoms with Crippen molar-refractivity contribution in [2.45, 2.75) is 45.8 Å². The van der Waals surface area contributed by atoms with E-state index in [0.717, 1.165) is 44.3 Å². The van der Waals surface area contributed by atoms with Crippen LogP contribution < -0.4 is 5.32 Å². The maximum absolute atomic E-state index is 13.3. The normalized spacial score (nSPS) is 12.8. The van der Waals surface area contributed by atoms with E-state index in [4.69, 9.17) is 4.42 Å². The van der Waals surface area contributed by atoms with Gasteiger partial charge >= 0.3 is 0 Å². The maximum atomic E-state index is 13.3. The van der Waals surface area contributed by atoms with Gasteiger partial charge in [-0.15, -0.1) is 0 Å². The first-order chi connectivity index (χ1) is 18.4. The second kappa shape index (κ2) is 11.0. The number of aryl methyl sites for hydroxylation is 3. The van der Waals surface area contributed by atoms with Crippen LogP contribution in [0.3, 0.4) is 0 Å². The first kappa shape index (κ1) is 25.4. The van der Waals surface area contributed by atoms with Gasteiger partial charge in [0.05, 0.1) is 18.6 Å². The van der Waals surface area contributed by atoms with Crippen LogP contribution in [0.1, 0.15) is 56.9 Å². The van der Waals surface area contributed by atoms with Crippen molar-refractivity contribution >= 4 is 16.9 Å². The topological polar surface area (TPSA) is 75.4 Å². The summed E-state index contributed by atoms with van der Waals surface area (Å²) in [7, 11) is 0. The maximum Gasteiger partial charge on any atom is 0.225 e. The van der Waals surface area contributed by atoms with Gasteiger partial charge in [0, 0.05) is 24.2 Å². The number of fused-ring (bicyclic) bond motifs is 1. The van der Waals surface area contributed by atoms with Crippen LogP contribution in [0.4, 0.5) is 0 Å². The molecule has 0 aliphatic rings. The fourth-order valence-corrected chi connectivity index (χ4v) is 5.05. The molecule has 3 aromatic carbocycles. The molecule has 5 rings (SSSR count). The van der Waals surface area contributed by atoms with Gasteiger partial charge in [-0.1, -0.05) is 60.2 Å². The fraction of sp³-hybridized carbons (Fsp3) is 0.212. The molecule has 0 bridgehead atoms. The highest BCUT2D eigenvalue weighted by Gasteiger charge is 2.20. The summed E-state index contributed by atoms with van der Waals surface area (Å²) in [6.45, 7) is 6.09. The average molecular weight is 505 g/mol. The Labute approximate surface area is 223 Å². The molecule has 0 saturated carbocycles. The van der Waals surface area contributed by atoms with Crippen LogP contribution in [0.5, 0.6) is 0 Å². The predicted octanol–water partition coefficient (Wildman–Crippen LogP) is 6.48. The van der Waals surface area contributed by atoms with E-state index in [1.165, 1.54) is 5.56 Å². The Kier molecular flexibility index (Phi) is 7.38. The lowest BCUT2D eigenvalue weighted by Crippen LogP contribution is -2.31. The smallest absolute Gasteiger partial charge is 0.225 e. The third-order valence-electron chi connectivity index (χ3n) is 6.99. The minimum Gasteiger partial charge on any atom is -0.461 e. The molecule has 2 unspecified atom stereocenters. The standard InChI is InChI=1S/C33H32N2O3/c1-21-9-11-29(22(2)15-21)33(25-7-5-4-6-8-25)35-32(37)17-24-10-12-31-26(16-24)18-27(38-31)19-30(36)28-13-14-34-20-23(28)3/h4-16,18,20,30,33,36H,17,19H2,1-3H3,(H,35,37). The number of aliphatic hydroxyl groups is 1. The number of aromatic nitrogens is 1. The highest BCUT2D eigenvalue weighted by molar-refractivity contribution is 5.83. The van der Waals surface area contributed by atoms with Crippen molar-refractivity contribution in [1.82, 2.24) is 10.3 Å². The SMILES string of the molecule is Cc1ccc(C(NC(=O)Cc2ccc3oc(CC(O)c4ccncc4C)cc3c2)c2ccccc2)c(C)c1. The molecule has 2 N–H and O–H groups in total. The number of nitrogens with zero attached hydrogens (tertiary/aromatic N) is 1. The van der Waals surface area contributed by atoms with Gasteiger partial charge in [-0.3, -0.25) is 9.78 Å². The summed E-state index contributed by atoms with van der Waals surface area (Å²) >= 11 is 0. The summed E-state index contributed by atoms with van der Waals surface area (Å²) < 4.78 is 5.99. The summed E-state index contributed by atoms with van der Waals surface area (Å²) in [4.78, 5) is 17.3. The number of rotatable bonds is 8. The monoisotopic (exact) mass is 504 g/mol. The number of carbonyl (C=O) groups is 1. The van der Waals surface area contributed by atoms with Gasteiger partial charge in [-0.25, -0.2) is 0 Å². The number of benzene rings is 3. The van der Waals surface area contributed by atoms with E-state index in [1.54, 1.807) is 12.4 Å². The number of aliphatic hydroxyl groups excluding tert-OH is 1. The Bertz CT molecular complexity index is 1570. The van der Waals surface area contributed by atoms with Crippen molar-refractivity contribution in [3.63, 3.8) is 0 Å². The highest BCUT2D eigenvalue weighted by atomic mass is 16.3. The Morgan fingerprint density at radius 3 is 2.50 bits per heavy atom. The number of pyridine rings is 1. The first-order valence-corrected chi connectivity index (χ1v) is 12.9. The van der Waals surface area contributed by atoms with Crippen molar-refractivity contribution in [3.8, 4) is 0 Å². The molecule has 0 spiro atoms. The molecular weight excluding hydrogens is 472 g/mol. The van der Waals surface area contributed by atoms with Gasteiger partial charge in [0.15, 0.2) is 0 Å². The molecule has 38 heavy (non-hydrogen) atoms. The van der Waals surface area contributed by atoms with Crippen molar-refractivity contribution in [1.29, 1.82) is 0 Å². The average Bonchev–Trinajstić information content (AvgIpc) is 3.30. The molecule has 0 saturated heterocycles. The minimum atomic E-state index is -0.677. The largest absolute Gasteiger partial charge is 0.461 e. The molecule has 2 atom stereocenters. The molecule has 2 heterocycles. The molecule has 5 aromatic rings. The molecule has 0 fully saturated rings. The Morgan fingerprint density at radius 1 is 0.921 bits per heavy atom. The third kappa shape index (κ3) is 5.68. The molecule has 0 aliphatic carbocycles. The Balaban J connectivity index is 1.32. The van der Waals surface area contributed by atoms with E-state index in [2.05, 4.69) is 42.3 Å². The van der Waals surface area contributed by atoms with E-state index >= 15 is 0 Å². The summed E-state index contributed by atoms with van der Waals surface area (Å²) in [6.07, 6.45) is 3.37. The number of nitrogens with one attached hydrogen (secondary N) is 1. The van der Waals surface area contributed by atoms with Crippen LogP contribution in [0.25, 0.3) is 11.0 Å². The zero-order chi connectivity index (χ0) is 26.6. The van der Waals surface area contributed by atoms with Gasteiger partial charge in [0.25, 0.3) is 0 Å². The minimum absolute atomic E-state index is 0.0505. The number of hydrogen-bond acceptors (Lipinski definition) is 4. The van der Waals surface area contributed by atoms with Crippen molar-refractivity contribution in [2.75, 3.05) is 0 Å². The van der Waals surface area contributed by atoms with Crippen molar-refractivity contribution in [2.24, 2.45) is 0 Å². The highest BCUT2D eigenvalue weighted by Crippen LogP contribution is 2.28. The van der Waals surface area contributed by atoms with Crippen LogP contribution in [0, 0.1) is 20.8 Å². The van der Waals surface area contributed by atoms with E-state index in [9.17, 15) is 9.90 Å². The number of hydrogen-bond donors (Lipinski definition) is 2. The van der Waals surface area contributed by atoms with Crippen LogP contribution >= 0.6 is 0 Å². The van der Waals surface area contributed by atoms with Gasteiger partial charge in [0.1, 0.15) is 11.3 Å². The molecule has 1 amide bonds. The van der Waals surface area contributed by atoms with Gasteiger partial charge in [-0.2, -0.15) is 0 Å². The van der Waals surface area contributed by atoms with Crippen LogP contribution in [0.2, 0.25) is 0 Å². The van der Waals surface area contributed by atoms with Crippen molar-refractivity contribution < 1.29 is 14.3 Å². The number of carbonyl (C=O) groups excluding carboxylic acids is 1. The van der Waals surface area contributed by atoms with Crippen molar-refractivity contribution in [3.05, 3.63) is 136 Å². The van der Waals surface area contributed by atoms with Gasteiger partial charge < -0.3 is 14.8 Å². The van der Waals surface area contributed by atoms with Crippen LogP contribution in [-0.4, -0.2) is 16.0 Å². The van der Waals surface area contributed by atoms with Gasteiger partial charge in [0.2, 0.25) is 5.91 Å². The molecule has 2 aromatic heterocycles. The molecule has 5 heteroatoms. The van der Waals surface area contributed by atoms with E-state index < -0.39 is 6.10 Å². The quantitative estimate of drug-likeness (QED) is 0.254. The molecular formula is C33H32N2O3. The first-order valence-electron chi connectivity index (χ1n) is 12.9. The van der Waals surface area contributed by atoms with E-state index in [-0.39, 0.29) is 18.4 Å². The zero-order valence-electron chi connectivity index (χ0n) is 21.9. The summed E-state index contributed by atoms with van der Waals surface area (Å²) in [5.74, 6) is 0.648. The Hall–Kier alpha value is -4.22. The lowest BCUT2D eigenvalue weighted by atomic mass is 9.93. The third-order valence-corrected chi connectivity index (χ3v) is 6.99. The molecule has 192 valence electrons. The summed E-state index contributed by atoms with van der Waals surface area (Å²) in [6, 6.07) is 25.8. The van der Waals surface area contributed by atoms with Crippen LogP contribution in [0.15, 0.2) is 95.7 Å². The second-order valence-electron chi connectivity index (χ2n) is 9.99. The van der Waals surface area contributed by atoms with E-state index in [1.807, 2.05) is 67.6 Å². The van der Waals surface area contributed by atoms with Crippen LogP contribution in [-0.2, 0) is 17.6 Å². The molecule has 5 nitrogen and oxygen atoms in total. The summed E-state index contributed by atoms with van der Waals surface area (Å²) in [5, 5.41) is 14.9. The fourth-order valence-electron chi connectivity index (χ4n) is 5.05. The summed E-state index contributed by atoms with van der Waals surface area (Å²) in [5.41, 5.74) is 7.91. The lowest BCUT2D eigenvalue weighted by molar-refractivity contribution is -0.120. The Morgan fingerprint density at radius 2 is 1.74 bits per heavy atom. The number of furan rings is 1. The number of amides is 1. The second-order valence-corrected chi connectivity index (χ2v) is 9.99. The zero-order valence-corrected chi connectivity index (χ0v) is 21.9. The predicted molar refractivity (Wildman–Crippen MR) is 150 cm³/mol. The van der Waals surface area contributed by atoms with Gasteiger partial charge in [-0.05, 0) is 78.4 Å². The lowest BCUT2D eigenvalue weighted by Gasteiger charge is -2.22.